The molecule has 152 valence electrons. The number of fused-ring (bicyclic) bond motifs is 1. The minimum atomic E-state index is -0.954. The number of carbonyl (C=O) groups is 1. The van der Waals surface area contributed by atoms with Gasteiger partial charge in [-0.25, -0.2) is 0 Å². The first-order valence-corrected chi connectivity index (χ1v) is 10.4. The molecule has 1 aromatic carbocycles. The monoisotopic (exact) mass is 417 g/mol. The first kappa shape index (κ1) is 22.3. The molecule has 0 aliphatic heterocycles. The number of carbonyl (C=O) groups excluding carboxylic acids is 1. The van der Waals surface area contributed by atoms with Gasteiger partial charge in [-0.3, -0.25) is 4.79 Å². The Labute approximate surface area is 169 Å². The van der Waals surface area contributed by atoms with E-state index in [2.05, 4.69) is 4.74 Å². The third-order valence-corrected chi connectivity index (χ3v) is 7.45. The lowest BCUT2D eigenvalue weighted by atomic mass is 9.84. The summed E-state index contributed by atoms with van der Waals surface area (Å²) in [5.41, 5.74) is 8.70. The first-order valence-electron chi connectivity index (χ1n) is 8.80. The normalized spacial score (nSPS) is 25.3. The molecule has 0 spiro atoms. The van der Waals surface area contributed by atoms with Crippen molar-refractivity contribution in [2.24, 2.45) is 11.1 Å². The number of benzene rings is 1. The van der Waals surface area contributed by atoms with Gasteiger partial charge in [-0.1, -0.05) is 6.92 Å². The quantitative estimate of drug-likeness (QED) is 0.397. The van der Waals surface area contributed by atoms with Crippen LogP contribution in [-0.4, -0.2) is 52.7 Å². The van der Waals surface area contributed by atoms with Crippen LogP contribution in [0.1, 0.15) is 46.1 Å². The number of methoxy groups -OCH3 is 1. The van der Waals surface area contributed by atoms with Crippen molar-refractivity contribution in [3.05, 3.63) is 27.8 Å². The number of phenolic OH excluding ortho intramolecular Hbond substituents is 1. The van der Waals surface area contributed by atoms with E-state index in [4.69, 9.17) is 17.3 Å². The summed E-state index contributed by atoms with van der Waals surface area (Å²) in [4.78, 5) is 11.6. The summed E-state index contributed by atoms with van der Waals surface area (Å²) < 4.78 is 4.66. The molecule has 0 unspecified atom stereocenters. The maximum atomic E-state index is 11.6. The predicted molar refractivity (Wildman–Crippen MR) is 107 cm³/mol. The Balaban J connectivity index is 2.55. The van der Waals surface area contributed by atoms with Crippen molar-refractivity contribution in [2.75, 3.05) is 25.3 Å². The fraction of sp³-hybridized carbons (Fsp3) is 0.632. The van der Waals surface area contributed by atoms with Gasteiger partial charge in [-0.15, -0.1) is 11.6 Å². The second kappa shape index (κ2) is 8.57. The molecule has 0 saturated heterocycles. The summed E-state index contributed by atoms with van der Waals surface area (Å²) in [7, 11) is 1.27. The number of nitrogens with two attached hydrogens (primary N) is 1. The summed E-state index contributed by atoms with van der Waals surface area (Å²) in [6, 6.07) is -0.830. The lowest BCUT2D eigenvalue weighted by Crippen LogP contribution is -2.35. The molecule has 6 nitrogen and oxygen atoms in total. The van der Waals surface area contributed by atoms with Crippen molar-refractivity contribution in [3.63, 3.8) is 0 Å². The van der Waals surface area contributed by atoms with E-state index >= 15 is 0 Å². The number of alkyl halides is 1. The predicted octanol–water partition coefficient (Wildman–Crippen LogP) is 2.11. The van der Waals surface area contributed by atoms with Gasteiger partial charge in [0, 0.05) is 27.9 Å². The standard InChI is InChI=1S/C19H28ClNO5S/c1-9-11(5-6-20)10(2)15(23)14-13(9)16(24)19(3,8-22)17(14)27-7-12(21)18(25)26-4/h12,16-17,22-24H,5-8,21H2,1-4H3/t12-,16+,17-,19-/m0/s1. The van der Waals surface area contributed by atoms with Crippen molar-refractivity contribution in [3.8, 4) is 5.75 Å². The second-order valence-electron chi connectivity index (χ2n) is 7.25. The van der Waals surface area contributed by atoms with Crippen LogP contribution in [0.3, 0.4) is 0 Å². The number of esters is 1. The molecule has 0 fully saturated rings. The molecule has 0 aromatic heterocycles. The maximum Gasteiger partial charge on any atom is 0.323 e. The molecule has 0 heterocycles. The zero-order valence-corrected chi connectivity index (χ0v) is 17.7. The van der Waals surface area contributed by atoms with Crippen molar-refractivity contribution < 1.29 is 24.9 Å². The molecule has 8 heteroatoms. The molecule has 0 bridgehead atoms. The van der Waals surface area contributed by atoms with Crippen molar-refractivity contribution >= 4 is 29.3 Å². The molecule has 0 amide bonds. The van der Waals surface area contributed by atoms with Gasteiger partial charge in [0.15, 0.2) is 0 Å². The molecule has 1 aliphatic rings. The van der Waals surface area contributed by atoms with Crippen molar-refractivity contribution in [2.45, 2.75) is 44.6 Å². The second-order valence-corrected chi connectivity index (χ2v) is 8.77. The van der Waals surface area contributed by atoms with E-state index in [9.17, 15) is 20.1 Å². The van der Waals surface area contributed by atoms with Gasteiger partial charge in [0.1, 0.15) is 11.8 Å². The minimum absolute atomic E-state index is 0.107. The third-order valence-electron chi connectivity index (χ3n) is 5.60. The van der Waals surface area contributed by atoms with E-state index in [1.54, 1.807) is 6.92 Å². The Kier molecular flexibility index (Phi) is 7.08. The molecule has 1 aromatic rings. The van der Waals surface area contributed by atoms with Crippen molar-refractivity contribution in [1.82, 2.24) is 0 Å². The van der Waals surface area contributed by atoms with Crippen LogP contribution in [0, 0.1) is 19.3 Å². The molecule has 27 heavy (non-hydrogen) atoms. The summed E-state index contributed by atoms with van der Waals surface area (Å²) >= 11 is 7.25. The lowest BCUT2D eigenvalue weighted by Gasteiger charge is -2.33. The highest BCUT2D eigenvalue weighted by molar-refractivity contribution is 7.99. The molecule has 1 aliphatic carbocycles. The van der Waals surface area contributed by atoms with Crippen molar-refractivity contribution in [1.29, 1.82) is 0 Å². The first-order chi connectivity index (χ1) is 12.6. The average Bonchev–Trinajstić information content (AvgIpc) is 2.89. The van der Waals surface area contributed by atoms with Gasteiger partial charge in [0.05, 0.1) is 19.8 Å². The van der Waals surface area contributed by atoms with Gasteiger partial charge in [0.25, 0.3) is 0 Å². The van der Waals surface area contributed by atoms with Gasteiger partial charge in [-0.2, -0.15) is 11.8 Å². The number of hydrogen-bond acceptors (Lipinski definition) is 7. The van der Waals surface area contributed by atoms with Gasteiger partial charge < -0.3 is 25.8 Å². The number of phenols is 1. The Morgan fingerprint density at radius 2 is 2.00 bits per heavy atom. The molecular weight excluding hydrogens is 390 g/mol. The molecule has 5 N–H and O–H groups in total. The Hall–Kier alpha value is -0.990. The number of hydrogen-bond donors (Lipinski definition) is 4. The van der Waals surface area contributed by atoms with Gasteiger partial charge in [0.2, 0.25) is 0 Å². The topological polar surface area (TPSA) is 113 Å². The van der Waals surface area contributed by atoms with Crippen LogP contribution in [0.4, 0.5) is 0 Å². The zero-order chi connectivity index (χ0) is 20.5. The SMILES string of the molecule is COC(=O)[C@@H](N)CS[C@H]1c2c(O)c(C)c(CCCl)c(C)c2[C@@H](O)[C@]1(C)CO. The Morgan fingerprint density at radius 3 is 2.52 bits per heavy atom. The smallest absolute Gasteiger partial charge is 0.323 e. The van der Waals surface area contributed by atoms with E-state index in [-0.39, 0.29) is 18.1 Å². The molecule has 4 atom stereocenters. The minimum Gasteiger partial charge on any atom is -0.507 e. The molecule has 2 rings (SSSR count). The molecular formula is C19H28ClNO5S. The summed E-state index contributed by atoms with van der Waals surface area (Å²) in [5.74, 6) is 0.219. The number of ether oxygens (including phenoxy) is 1. The molecule has 0 radical (unpaired) electrons. The number of aromatic hydroxyl groups is 1. The van der Waals surface area contributed by atoms with E-state index in [1.807, 2.05) is 13.8 Å². The van der Waals surface area contributed by atoms with E-state index in [0.717, 1.165) is 16.7 Å². The Bertz CT molecular complexity index is 729. The fourth-order valence-corrected chi connectivity index (χ4v) is 5.59. The van der Waals surface area contributed by atoms with Crippen LogP contribution >= 0.6 is 23.4 Å². The number of rotatable bonds is 7. The number of aliphatic hydroxyl groups excluding tert-OH is 2. The van der Waals surface area contributed by atoms with Crippen LogP contribution < -0.4 is 5.73 Å². The number of aliphatic hydroxyl groups is 2. The number of halogens is 1. The number of thioether (sulfide) groups is 1. The van der Waals surface area contributed by atoms with E-state index < -0.39 is 28.8 Å². The van der Waals surface area contributed by atoms with E-state index in [0.29, 0.717) is 23.4 Å². The summed E-state index contributed by atoms with van der Waals surface area (Å²) in [6.45, 7) is 5.22. The summed E-state index contributed by atoms with van der Waals surface area (Å²) in [5, 5.41) is 31.6. The van der Waals surface area contributed by atoms with Gasteiger partial charge in [-0.05, 0) is 42.5 Å². The Morgan fingerprint density at radius 1 is 1.37 bits per heavy atom. The average molecular weight is 418 g/mol. The summed E-state index contributed by atoms with van der Waals surface area (Å²) in [6.07, 6.45) is -0.377. The fourth-order valence-electron chi connectivity index (χ4n) is 3.87. The molecule has 0 saturated carbocycles. The lowest BCUT2D eigenvalue weighted by molar-refractivity contribution is -0.141. The highest BCUT2D eigenvalue weighted by Crippen LogP contribution is 2.62. The van der Waals surface area contributed by atoms with E-state index in [1.165, 1.54) is 18.9 Å². The van der Waals surface area contributed by atoms with Crippen LogP contribution in [0.15, 0.2) is 0 Å². The van der Waals surface area contributed by atoms with Crippen LogP contribution in [0.2, 0.25) is 0 Å². The van der Waals surface area contributed by atoms with Crippen LogP contribution in [-0.2, 0) is 16.0 Å². The largest absolute Gasteiger partial charge is 0.507 e. The van der Waals surface area contributed by atoms with Gasteiger partial charge >= 0.3 is 5.97 Å². The highest BCUT2D eigenvalue weighted by Gasteiger charge is 2.52. The highest BCUT2D eigenvalue weighted by atomic mass is 35.5. The zero-order valence-electron chi connectivity index (χ0n) is 16.1. The van der Waals surface area contributed by atoms with Crippen LogP contribution in [0.25, 0.3) is 0 Å². The maximum absolute atomic E-state index is 11.6. The van der Waals surface area contributed by atoms with Crippen LogP contribution in [0.5, 0.6) is 5.75 Å². The third kappa shape index (κ3) is 3.68.